The Kier molecular flexibility index (Phi) is 4.20. The molecular formula is C16H12BrFN4O. The van der Waals surface area contributed by atoms with Crippen molar-refractivity contribution in [2.75, 3.05) is 5.32 Å². The second-order valence-corrected chi connectivity index (χ2v) is 5.79. The molecule has 0 radical (unpaired) electrons. The molecule has 7 heteroatoms. The van der Waals surface area contributed by atoms with Gasteiger partial charge in [-0.05, 0) is 55.5 Å². The molecule has 0 aliphatic carbocycles. The summed E-state index contributed by atoms with van der Waals surface area (Å²) in [6, 6.07) is 13.0. The lowest BCUT2D eigenvalue weighted by molar-refractivity contribution is 0.102. The third kappa shape index (κ3) is 3.29. The number of carbonyl (C=O) groups is 1. The summed E-state index contributed by atoms with van der Waals surface area (Å²) in [5, 5.41) is 10.7. The molecule has 2 aromatic carbocycles. The number of hydrogen-bond acceptors (Lipinski definition) is 3. The first kappa shape index (κ1) is 15.4. The number of hydrogen-bond donors (Lipinski definition) is 1. The van der Waals surface area contributed by atoms with E-state index in [1.807, 2.05) is 12.1 Å². The maximum atomic E-state index is 13.0. The first-order valence-electron chi connectivity index (χ1n) is 6.80. The molecule has 0 saturated heterocycles. The van der Waals surface area contributed by atoms with Crippen LogP contribution in [0.25, 0.3) is 5.69 Å². The Morgan fingerprint density at radius 1 is 1.13 bits per heavy atom. The summed E-state index contributed by atoms with van der Waals surface area (Å²) in [6.07, 6.45) is 0. The molecule has 116 valence electrons. The molecule has 0 bridgehead atoms. The smallest absolute Gasteiger partial charge is 0.278 e. The fraction of sp³-hybridized carbons (Fsp3) is 0.0625. The van der Waals surface area contributed by atoms with Crippen LogP contribution in [-0.2, 0) is 0 Å². The monoisotopic (exact) mass is 374 g/mol. The SMILES string of the molecule is Cc1c(C(=O)Nc2ccc(Br)cc2)nnn1-c1ccc(F)cc1. The Morgan fingerprint density at radius 2 is 1.78 bits per heavy atom. The second kappa shape index (κ2) is 6.29. The number of aromatic nitrogens is 3. The van der Waals surface area contributed by atoms with Gasteiger partial charge in [0.15, 0.2) is 5.69 Å². The third-order valence-electron chi connectivity index (χ3n) is 3.28. The van der Waals surface area contributed by atoms with Crippen LogP contribution in [0.2, 0.25) is 0 Å². The highest BCUT2D eigenvalue weighted by molar-refractivity contribution is 9.10. The van der Waals surface area contributed by atoms with E-state index in [0.29, 0.717) is 17.1 Å². The molecule has 3 rings (SSSR count). The van der Waals surface area contributed by atoms with E-state index in [2.05, 4.69) is 31.6 Å². The van der Waals surface area contributed by atoms with Crippen molar-refractivity contribution in [2.24, 2.45) is 0 Å². The van der Waals surface area contributed by atoms with Gasteiger partial charge in [-0.2, -0.15) is 0 Å². The predicted octanol–water partition coefficient (Wildman–Crippen LogP) is 3.73. The van der Waals surface area contributed by atoms with Gasteiger partial charge in [-0.25, -0.2) is 9.07 Å². The van der Waals surface area contributed by atoms with E-state index in [4.69, 9.17) is 0 Å². The van der Waals surface area contributed by atoms with Crippen molar-refractivity contribution in [3.63, 3.8) is 0 Å². The Bertz CT molecular complexity index is 844. The first-order valence-corrected chi connectivity index (χ1v) is 7.59. The van der Waals surface area contributed by atoms with Crippen molar-refractivity contribution in [3.8, 4) is 5.69 Å². The Labute approximate surface area is 140 Å². The lowest BCUT2D eigenvalue weighted by Gasteiger charge is -2.05. The molecule has 0 saturated carbocycles. The second-order valence-electron chi connectivity index (χ2n) is 4.87. The van der Waals surface area contributed by atoms with Gasteiger partial charge < -0.3 is 5.32 Å². The number of rotatable bonds is 3. The number of nitrogens with one attached hydrogen (secondary N) is 1. The van der Waals surface area contributed by atoms with Crippen LogP contribution in [0.4, 0.5) is 10.1 Å². The van der Waals surface area contributed by atoms with E-state index in [1.54, 1.807) is 31.2 Å². The largest absolute Gasteiger partial charge is 0.321 e. The number of anilines is 1. The average molecular weight is 375 g/mol. The highest BCUT2D eigenvalue weighted by Crippen LogP contribution is 2.17. The summed E-state index contributed by atoms with van der Waals surface area (Å²) in [4.78, 5) is 12.3. The average Bonchev–Trinajstić information content (AvgIpc) is 2.92. The van der Waals surface area contributed by atoms with Gasteiger partial charge >= 0.3 is 0 Å². The van der Waals surface area contributed by atoms with Gasteiger partial charge in [0, 0.05) is 10.2 Å². The molecule has 1 amide bonds. The zero-order valence-electron chi connectivity index (χ0n) is 12.1. The summed E-state index contributed by atoms with van der Waals surface area (Å²) in [5.74, 6) is -0.682. The van der Waals surface area contributed by atoms with Gasteiger partial charge in [0.1, 0.15) is 5.82 Å². The summed E-state index contributed by atoms with van der Waals surface area (Å²) < 4.78 is 15.4. The van der Waals surface area contributed by atoms with Crippen molar-refractivity contribution in [1.29, 1.82) is 0 Å². The number of nitrogens with zero attached hydrogens (tertiary/aromatic N) is 3. The van der Waals surface area contributed by atoms with E-state index in [9.17, 15) is 9.18 Å². The van der Waals surface area contributed by atoms with Gasteiger partial charge in [-0.3, -0.25) is 4.79 Å². The lowest BCUT2D eigenvalue weighted by Crippen LogP contribution is -2.14. The maximum Gasteiger partial charge on any atom is 0.278 e. The topological polar surface area (TPSA) is 59.8 Å². The van der Waals surface area contributed by atoms with E-state index < -0.39 is 0 Å². The van der Waals surface area contributed by atoms with Crippen LogP contribution in [0.3, 0.4) is 0 Å². The van der Waals surface area contributed by atoms with E-state index in [1.165, 1.54) is 16.8 Å². The minimum Gasteiger partial charge on any atom is -0.321 e. The molecule has 1 aromatic heterocycles. The number of amides is 1. The molecule has 0 fully saturated rings. The number of benzene rings is 2. The van der Waals surface area contributed by atoms with Crippen LogP contribution in [0.5, 0.6) is 0 Å². The fourth-order valence-electron chi connectivity index (χ4n) is 2.09. The Balaban J connectivity index is 1.85. The molecule has 0 unspecified atom stereocenters. The fourth-order valence-corrected chi connectivity index (χ4v) is 2.35. The molecule has 5 nitrogen and oxygen atoms in total. The summed E-state index contributed by atoms with van der Waals surface area (Å²) in [7, 11) is 0. The van der Waals surface area contributed by atoms with Crippen LogP contribution in [0, 0.1) is 12.7 Å². The minimum absolute atomic E-state index is 0.220. The highest BCUT2D eigenvalue weighted by atomic mass is 79.9. The van der Waals surface area contributed by atoms with Gasteiger partial charge in [0.05, 0.1) is 11.4 Å². The molecule has 3 aromatic rings. The van der Waals surface area contributed by atoms with Crippen LogP contribution >= 0.6 is 15.9 Å². The quantitative estimate of drug-likeness (QED) is 0.759. The number of halogens is 2. The van der Waals surface area contributed by atoms with Crippen molar-refractivity contribution in [2.45, 2.75) is 6.92 Å². The Morgan fingerprint density at radius 3 is 2.43 bits per heavy atom. The zero-order chi connectivity index (χ0) is 16.4. The molecule has 0 aliphatic rings. The molecule has 0 atom stereocenters. The van der Waals surface area contributed by atoms with Crippen molar-refractivity contribution < 1.29 is 9.18 Å². The molecule has 0 aliphatic heterocycles. The van der Waals surface area contributed by atoms with E-state index >= 15 is 0 Å². The molecule has 1 N–H and O–H groups in total. The van der Waals surface area contributed by atoms with Crippen molar-refractivity contribution in [1.82, 2.24) is 15.0 Å². The van der Waals surface area contributed by atoms with Crippen LogP contribution in [0.15, 0.2) is 53.0 Å². The lowest BCUT2D eigenvalue weighted by atomic mass is 10.2. The standard InChI is InChI=1S/C16H12BrFN4O/c1-10-15(16(23)19-13-6-2-11(17)3-7-13)20-21-22(10)14-8-4-12(18)5-9-14/h2-9H,1H3,(H,19,23). The summed E-state index contributed by atoms with van der Waals surface area (Å²) in [5.41, 5.74) is 2.09. The predicted molar refractivity (Wildman–Crippen MR) is 88.1 cm³/mol. The zero-order valence-corrected chi connectivity index (χ0v) is 13.7. The summed E-state index contributed by atoms with van der Waals surface area (Å²) in [6.45, 7) is 1.74. The molecule has 0 spiro atoms. The first-order chi connectivity index (χ1) is 11.0. The molecule has 1 heterocycles. The normalized spacial score (nSPS) is 10.6. The third-order valence-corrected chi connectivity index (χ3v) is 3.81. The van der Waals surface area contributed by atoms with Gasteiger partial charge in [0.2, 0.25) is 0 Å². The van der Waals surface area contributed by atoms with Crippen LogP contribution < -0.4 is 5.32 Å². The number of carbonyl (C=O) groups excluding carboxylic acids is 1. The van der Waals surface area contributed by atoms with Crippen LogP contribution in [-0.4, -0.2) is 20.9 Å². The van der Waals surface area contributed by atoms with Crippen molar-refractivity contribution >= 4 is 27.5 Å². The molecular weight excluding hydrogens is 363 g/mol. The maximum absolute atomic E-state index is 13.0. The summed E-state index contributed by atoms with van der Waals surface area (Å²) >= 11 is 3.34. The van der Waals surface area contributed by atoms with E-state index in [-0.39, 0.29) is 17.4 Å². The van der Waals surface area contributed by atoms with E-state index in [0.717, 1.165) is 4.47 Å². The van der Waals surface area contributed by atoms with Gasteiger partial charge in [-0.15, -0.1) is 5.10 Å². The van der Waals surface area contributed by atoms with Crippen LogP contribution in [0.1, 0.15) is 16.2 Å². The minimum atomic E-state index is -0.349. The Hall–Kier alpha value is -2.54. The molecule has 23 heavy (non-hydrogen) atoms. The van der Waals surface area contributed by atoms with Gasteiger partial charge in [0.25, 0.3) is 5.91 Å². The van der Waals surface area contributed by atoms with Gasteiger partial charge in [-0.1, -0.05) is 21.1 Å². The highest BCUT2D eigenvalue weighted by Gasteiger charge is 2.17. The van der Waals surface area contributed by atoms with Crippen molar-refractivity contribution in [3.05, 3.63) is 70.2 Å².